The zero-order chi connectivity index (χ0) is 14.8. The highest BCUT2D eigenvalue weighted by molar-refractivity contribution is 5.44. The van der Waals surface area contributed by atoms with Crippen molar-refractivity contribution in [3.8, 4) is 11.5 Å². The maximum atomic E-state index is 10.5. The van der Waals surface area contributed by atoms with Crippen molar-refractivity contribution in [1.82, 2.24) is 4.90 Å². The van der Waals surface area contributed by atoms with Gasteiger partial charge in [-0.05, 0) is 55.8 Å². The van der Waals surface area contributed by atoms with Crippen LogP contribution in [-0.2, 0) is 0 Å². The van der Waals surface area contributed by atoms with Gasteiger partial charge in [-0.25, -0.2) is 0 Å². The molecule has 3 rings (SSSR count). The summed E-state index contributed by atoms with van der Waals surface area (Å²) in [6.45, 7) is 2.18. The summed E-state index contributed by atoms with van der Waals surface area (Å²) in [5.74, 6) is 2.30. The molecule has 21 heavy (non-hydrogen) atoms. The summed E-state index contributed by atoms with van der Waals surface area (Å²) < 4.78 is 10.7. The maximum Gasteiger partial charge on any atom is 0.161 e. The van der Waals surface area contributed by atoms with Gasteiger partial charge in [-0.3, -0.25) is 4.90 Å². The van der Waals surface area contributed by atoms with Gasteiger partial charge in [0.1, 0.15) is 0 Å². The lowest BCUT2D eigenvalue weighted by molar-refractivity contribution is 0.00726. The van der Waals surface area contributed by atoms with Crippen LogP contribution in [0.1, 0.15) is 37.3 Å². The van der Waals surface area contributed by atoms with Crippen LogP contribution in [-0.4, -0.2) is 43.4 Å². The number of aliphatic hydroxyl groups excluding tert-OH is 1. The van der Waals surface area contributed by atoms with Crippen molar-refractivity contribution in [2.75, 3.05) is 27.3 Å². The Labute approximate surface area is 126 Å². The molecule has 2 atom stereocenters. The lowest BCUT2D eigenvalue weighted by Gasteiger charge is -2.39. The van der Waals surface area contributed by atoms with Gasteiger partial charge in [0.25, 0.3) is 0 Å². The predicted octanol–water partition coefficient (Wildman–Crippen LogP) is 2.61. The molecule has 1 heterocycles. The van der Waals surface area contributed by atoms with E-state index in [0.29, 0.717) is 0 Å². The fourth-order valence-electron chi connectivity index (χ4n) is 3.35. The first-order valence-corrected chi connectivity index (χ1v) is 7.87. The van der Waals surface area contributed by atoms with Crippen LogP contribution >= 0.6 is 0 Å². The van der Waals surface area contributed by atoms with Crippen LogP contribution in [0.25, 0.3) is 0 Å². The summed E-state index contributed by atoms with van der Waals surface area (Å²) in [4.78, 5) is 2.45. The molecule has 1 saturated heterocycles. The summed E-state index contributed by atoms with van der Waals surface area (Å²) in [6, 6.07) is 6.09. The van der Waals surface area contributed by atoms with Crippen LogP contribution in [0, 0.1) is 5.92 Å². The fourth-order valence-corrected chi connectivity index (χ4v) is 3.35. The van der Waals surface area contributed by atoms with Gasteiger partial charge in [0.15, 0.2) is 11.5 Å². The molecule has 2 aliphatic rings. The molecule has 1 saturated carbocycles. The van der Waals surface area contributed by atoms with Crippen LogP contribution in [0.15, 0.2) is 18.2 Å². The van der Waals surface area contributed by atoms with Crippen molar-refractivity contribution in [3.63, 3.8) is 0 Å². The van der Waals surface area contributed by atoms with Crippen LogP contribution < -0.4 is 9.47 Å². The normalized spacial score (nSPS) is 26.6. The molecule has 4 heteroatoms. The van der Waals surface area contributed by atoms with Gasteiger partial charge < -0.3 is 14.6 Å². The number of benzene rings is 1. The number of hydrogen-bond acceptors (Lipinski definition) is 4. The van der Waals surface area contributed by atoms with E-state index >= 15 is 0 Å². The number of methoxy groups -OCH3 is 2. The summed E-state index contributed by atoms with van der Waals surface area (Å²) in [5, 5.41) is 10.5. The molecule has 1 aromatic carbocycles. The summed E-state index contributed by atoms with van der Waals surface area (Å²) in [6.07, 6.45) is 4.34. The number of hydrogen-bond donors (Lipinski definition) is 1. The standard InChI is InChI=1S/C17H25NO3/c1-20-15-8-7-13(10-16(15)21-2)17-14(19)4-3-9-18(17)11-12-5-6-12/h7-8,10,12,14,17,19H,3-6,9,11H2,1-2H3/t14-,17-/m0/s1. The van der Waals surface area contributed by atoms with E-state index in [2.05, 4.69) is 11.0 Å². The Bertz CT molecular complexity index is 487. The third kappa shape index (κ3) is 3.16. The molecule has 0 spiro atoms. The van der Waals surface area contributed by atoms with Crippen molar-refractivity contribution in [2.45, 2.75) is 37.8 Å². The van der Waals surface area contributed by atoms with Crippen molar-refractivity contribution in [3.05, 3.63) is 23.8 Å². The second-order valence-corrected chi connectivity index (χ2v) is 6.21. The highest BCUT2D eigenvalue weighted by Crippen LogP contribution is 2.39. The Morgan fingerprint density at radius 3 is 2.57 bits per heavy atom. The van der Waals surface area contributed by atoms with E-state index in [1.54, 1.807) is 14.2 Å². The summed E-state index contributed by atoms with van der Waals surface area (Å²) in [7, 11) is 3.30. The Morgan fingerprint density at radius 2 is 1.90 bits per heavy atom. The first kappa shape index (κ1) is 14.7. The van der Waals surface area contributed by atoms with Crippen molar-refractivity contribution < 1.29 is 14.6 Å². The third-order valence-corrected chi connectivity index (χ3v) is 4.64. The van der Waals surface area contributed by atoms with E-state index < -0.39 is 0 Å². The molecule has 0 amide bonds. The molecule has 0 unspecified atom stereocenters. The van der Waals surface area contributed by atoms with Gasteiger partial charge >= 0.3 is 0 Å². The molecule has 2 fully saturated rings. The van der Waals surface area contributed by atoms with Crippen LogP contribution in [0.3, 0.4) is 0 Å². The molecule has 0 aromatic heterocycles. The minimum Gasteiger partial charge on any atom is -0.493 e. The molecule has 0 radical (unpaired) electrons. The number of ether oxygens (including phenoxy) is 2. The van der Waals surface area contributed by atoms with Gasteiger partial charge in [0.05, 0.1) is 26.4 Å². The van der Waals surface area contributed by atoms with Gasteiger partial charge in [-0.1, -0.05) is 6.07 Å². The maximum absolute atomic E-state index is 10.5. The van der Waals surface area contributed by atoms with Crippen molar-refractivity contribution in [2.24, 2.45) is 5.92 Å². The summed E-state index contributed by atoms with van der Waals surface area (Å²) >= 11 is 0. The van der Waals surface area contributed by atoms with Crippen molar-refractivity contribution >= 4 is 0 Å². The molecule has 4 nitrogen and oxygen atoms in total. The van der Waals surface area contributed by atoms with E-state index in [9.17, 15) is 5.11 Å². The predicted molar refractivity (Wildman–Crippen MR) is 81.8 cm³/mol. The van der Waals surface area contributed by atoms with E-state index in [1.807, 2.05) is 12.1 Å². The third-order valence-electron chi connectivity index (χ3n) is 4.64. The van der Waals surface area contributed by atoms with E-state index in [-0.39, 0.29) is 12.1 Å². The first-order valence-electron chi connectivity index (χ1n) is 7.87. The fraction of sp³-hybridized carbons (Fsp3) is 0.647. The molecule has 1 aliphatic carbocycles. The van der Waals surface area contributed by atoms with Crippen LogP contribution in [0.5, 0.6) is 11.5 Å². The number of piperidine rings is 1. The number of nitrogens with zero attached hydrogens (tertiary/aromatic N) is 1. The zero-order valence-electron chi connectivity index (χ0n) is 12.9. The molecule has 1 aliphatic heterocycles. The van der Waals surface area contributed by atoms with Crippen LogP contribution in [0.4, 0.5) is 0 Å². The highest BCUT2D eigenvalue weighted by Gasteiger charge is 2.35. The minimum atomic E-state index is -0.296. The monoisotopic (exact) mass is 291 g/mol. The lowest BCUT2D eigenvalue weighted by atomic mass is 9.92. The number of rotatable bonds is 5. The van der Waals surface area contributed by atoms with Gasteiger partial charge in [-0.15, -0.1) is 0 Å². The molecule has 0 bridgehead atoms. The van der Waals surface area contributed by atoms with Gasteiger partial charge in [-0.2, -0.15) is 0 Å². The highest BCUT2D eigenvalue weighted by atomic mass is 16.5. The van der Waals surface area contributed by atoms with Gasteiger partial charge in [0, 0.05) is 6.54 Å². The van der Waals surface area contributed by atoms with E-state index in [0.717, 1.165) is 48.9 Å². The molecular formula is C17H25NO3. The quantitative estimate of drug-likeness (QED) is 0.905. The molecule has 116 valence electrons. The van der Waals surface area contributed by atoms with E-state index in [1.165, 1.54) is 12.8 Å². The average Bonchev–Trinajstić information content (AvgIpc) is 3.31. The Hall–Kier alpha value is -1.26. The number of likely N-dealkylation sites (tertiary alicyclic amines) is 1. The smallest absolute Gasteiger partial charge is 0.161 e. The average molecular weight is 291 g/mol. The van der Waals surface area contributed by atoms with Crippen molar-refractivity contribution in [1.29, 1.82) is 0 Å². The van der Waals surface area contributed by atoms with Crippen LogP contribution in [0.2, 0.25) is 0 Å². The topological polar surface area (TPSA) is 41.9 Å². The molecule has 1 aromatic rings. The molecule has 1 N–H and O–H groups in total. The number of aliphatic hydroxyl groups is 1. The largest absolute Gasteiger partial charge is 0.493 e. The second kappa shape index (κ2) is 6.24. The minimum absolute atomic E-state index is 0.0826. The second-order valence-electron chi connectivity index (χ2n) is 6.21. The van der Waals surface area contributed by atoms with Gasteiger partial charge in [0.2, 0.25) is 0 Å². The zero-order valence-corrected chi connectivity index (χ0v) is 12.9. The Morgan fingerprint density at radius 1 is 1.14 bits per heavy atom. The lowest BCUT2D eigenvalue weighted by Crippen LogP contribution is -2.42. The SMILES string of the molecule is COc1ccc([C@H]2[C@@H](O)CCCN2CC2CC2)cc1OC. The Kier molecular flexibility index (Phi) is 4.36. The molecular weight excluding hydrogens is 266 g/mol. The van der Waals surface area contributed by atoms with E-state index in [4.69, 9.17) is 9.47 Å². The summed E-state index contributed by atoms with van der Waals surface area (Å²) in [5.41, 5.74) is 1.13. The first-order chi connectivity index (χ1) is 10.2. The Balaban J connectivity index is 1.86.